The Hall–Kier alpha value is -2.28. The van der Waals surface area contributed by atoms with Gasteiger partial charge in [-0.1, -0.05) is 23.7 Å². The lowest BCUT2D eigenvalue weighted by Crippen LogP contribution is -2.26. The Morgan fingerprint density at radius 2 is 1.88 bits per heavy atom. The van der Waals surface area contributed by atoms with Gasteiger partial charge in [-0.15, -0.1) is 13.2 Å². The number of halogens is 4. The first-order valence-electron chi connectivity index (χ1n) is 7.63. The van der Waals surface area contributed by atoms with Crippen molar-refractivity contribution < 1.29 is 22.6 Å². The maximum atomic E-state index is 12.6. The van der Waals surface area contributed by atoms with Crippen molar-refractivity contribution >= 4 is 23.0 Å². The summed E-state index contributed by atoms with van der Waals surface area (Å²) in [6.07, 6.45) is -4.27. The highest BCUT2D eigenvalue weighted by Gasteiger charge is 2.34. The molecule has 1 aliphatic rings. The number of benzene rings is 2. The minimum Gasteiger partial charge on any atom is -0.487 e. The molecule has 1 atom stereocenters. The zero-order valence-corrected chi connectivity index (χ0v) is 13.8. The lowest BCUT2D eigenvalue weighted by molar-refractivity contribution is -0.274. The minimum absolute atomic E-state index is 0.194. The SMILES string of the molecule is Nc1ccc(O[C@H]2CCN(c3ccccc3OC(F)(F)F)C2)c(Cl)c1. The van der Waals surface area contributed by atoms with E-state index in [0.29, 0.717) is 41.7 Å². The standard InChI is InChI=1S/C17H16ClF3N2O2/c18-13-9-11(22)5-6-15(13)24-12-7-8-23(10-12)14-3-1-2-4-16(14)25-17(19,20)21/h1-6,9,12H,7-8,10,22H2/t12-/m0/s1. The van der Waals surface area contributed by atoms with Crippen molar-refractivity contribution in [3.63, 3.8) is 0 Å². The molecule has 0 saturated carbocycles. The first kappa shape index (κ1) is 17.5. The Kier molecular flexibility index (Phi) is 4.85. The third kappa shape index (κ3) is 4.42. The molecule has 8 heteroatoms. The number of hydrogen-bond acceptors (Lipinski definition) is 4. The molecule has 2 aromatic carbocycles. The number of ether oxygens (including phenoxy) is 2. The van der Waals surface area contributed by atoms with Crippen LogP contribution in [0.2, 0.25) is 5.02 Å². The predicted molar refractivity (Wildman–Crippen MR) is 90.2 cm³/mol. The number of para-hydroxylation sites is 2. The second kappa shape index (κ2) is 6.92. The Bertz CT molecular complexity index is 755. The largest absolute Gasteiger partial charge is 0.573 e. The van der Waals surface area contributed by atoms with Crippen LogP contribution >= 0.6 is 11.6 Å². The quantitative estimate of drug-likeness (QED) is 0.804. The van der Waals surface area contributed by atoms with Crippen molar-refractivity contribution in [3.8, 4) is 11.5 Å². The van der Waals surface area contributed by atoms with Gasteiger partial charge in [-0.25, -0.2) is 0 Å². The molecule has 2 aromatic rings. The van der Waals surface area contributed by atoms with Crippen LogP contribution in [0.5, 0.6) is 11.5 Å². The fraction of sp³-hybridized carbons (Fsp3) is 0.294. The fourth-order valence-electron chi connectivity index (χ4n) is 2.76. The highest BCUT2D eigenvalue weighted by Crippen LogP contribution is 2.35. The van der Waals surface area contributed by atoms with Gasteiger partial charge in [0.25, 0.3) is 0 Å². The molecule has 1 saturated heterocycles. The van der Waals surface area contributed by atoms with Crippen LogP contribution in [0.1, 0.15) is 6.42 Å². The molecule has 2 N–H and O–H groups in total. The summed E-state index contributed by atoms with van der Waals surface area (Å²) in [6.45, 7) is 0.981. The number of rotatable bonds is 4. The van der Waals surface area contributed by atoms with Crippen LogP contribution in [0.3, 0.4) is 0 Å². The molecule has 1 aliphatic heterocycles. The molecule has 0 aromatic heterocycles. The van der Waals surface area contributed by atoms with E-state index in [9.17, 15) is 13.2 Å². The molecule has 4 nitrogen and oxygen atoms in total. The van der Waals surface area contributed by atoms with Gasteiger partial charge in [0.15, 0.2) is 5.75 Å². The molecule has 0 radical (unpaired) electrons. The second-order valence-corrected chi connectivity index (χ2v) is 6.09. The molecule has 0 spiro atoms. The minimum atomic E-state index is -4.73. The lowest BCUT2D eigenvalue weighted by Gasteiger charge is -2.22. The van der Waals surface area contributed by atoms with Gasteiger partial charge in [-0.2, -0.15) is 0 Å². The maximum Gasteiger partial charge on any atom is 0.573 e. The normalized spacial score (nSPS) is 17.6. The molecule has 0 aliphatic carbocycles. The van der Waals surface area contributed by atoms with Crippen LogP contribution < -0.4 is 20.1 Å². The molecule has 1 fully saturated rings. The Morgan fingerprint density at radius 3 is 2.60 bits per heavy atom. The summed E-state index contributed by atoms with van der Waals surface area (Å²) in [5.74, 6) is 0.281. The van der Waals surface area contributed by atoms with E-state index < -0.39 is 6.36 Å². The van der Waals surface area contributed by atoms with Crippen LogP contribution in [-0.2, 0) is 0 Å². The summed E-state index contributed by atoms with van der Waals surface area (Å²) in [4.78, 5) is 1.80. The van der Waals surface area contributed by atoms with Crippen molar-refractivity contribution in [1.82, 2.24) is 0 Å². The summed E-state index contributed by atoms with van der Waals surface area (Å²) in [6, 6.07) is 11.0. The van der Waals surface area contributed by atoms with Gasteiger partial charge in [-0.3, -0.25) is 0 Å². The number of alkyl halides is 3. The average Bonchev–Trinajstić information content (AvgIpc) is 2.97. The second-order valence-electron chi connectivity index (χ2n) is 5.68. The molecule has 0 amide bonds. The van der Waals surface area contributed by atoms with E-state index >= 15 is 0 Å². The van der Waals surface area contributed by atoms with E-state index in [-0.39, 0.29) is 11.9 Å². The molecule has 3 rings (SSSR count). The lowest BCUT2D eigenvalue weighted by atomic mass is 10.2. The van der Waals surface area contributed by atoms with Gasteiger partial charge >= 0.3 is 6.36 Å². The summed E-state index contributed by atoms with van der Waals surface area (Å²) >= 11 is 6.10. The van der Waals surface area contributed by atoms with E-state index in [0.717, 1.165) is 0 Å². The van der Waals surface area contributed by atoms with Crippen LogP contribution in [0.25, 0.3) is 0 Å². The molecular formula is C17H16ClF3N2O2. The summed E-state index contributed by atoms with van der Waals surface area (Å²) in [5, 5.41) is 0.402. The van der Waals surface area contributed by atoms with Crippen molar-refractivity contribution in [2.45, 2.75) is 18.9 Å². The van der Waals surface area contributed by atoms with Crippen LogP contribution in [-0.4, -0.2) is 25.6 Å². The average molecular weight is 373 g/mol. The molecule has 25 heavy (non-hydrogen) atoms. The summed E-state index contributed by atoms with van der Waals surface area (Å²) in [7, 11) is 0. The van der Waals surface area contributed by atoms with E-state index in [2.05, 4.69) is 4.74 Å². The summed E-state index contributed by atoms with van der Waals surface area (Å²) in [5.41, 5.74) is 6.56. The smallest absolute Gasteiger partial charge is 0.487 e. The molecule has 0 unspecified atom stereocenters. The third-order valence-electron chi connectivity index (χ3n) is 3.83. The van der Waals surface area contributed by atoms with Gasteiger partial charge in [0.2, 0.25) is 0 Å². The highest BCUT2D eigenvalue weighted by molar-refractivity contribution is 6.32. The van der Waals surface area contributed by atoms with Crippen molar-refractivity contribution in [3.05, 3.63) is 47.5 Å². The number of anilines is 2. The topological polar surface area (TPSA) is 47.7 Å². The van der Waals surface area contributed by atoms with Gasteiger partial charge in [0.05, 0.1) is 17.3 Å². The Morgan fingerprint density at radius 1 is 1.12 bits per heavy atom. The monoisotopic (exact) mass is 372 g/mol. The van der Waals surface area contributed by atoms with E-state index in [1.165, 1.54) is 12.1 Å². The van der Waals surface area contributed by atoms with Crippen molar-refractivity contribution in [1.29, 1.82) is 0 Å². The first-order chi connectivity index (χ1) is 11.8. The van der Waals surface area contributed by atoms with Gasteiger partial charge < -0.3 is 20.1 Å². The highest BCUT2D eigenvalue weighted by atomic mass is 35.5. The fourth-order valence-corrected chi connectivity index (χ4v) is 3.00. The van der Waals surface area contributed by atoms with Crippen LogP contribution in [0.15, 0.2) is 42.5 Å². The van der Waals surface area contributed by atoms with E-state index in [1.807, 2.05) is 0 Å². The number of nitrogens with zero attached hydrogens (tertiary/aromatic N) is 1. The van der Waals surface area contributed by atoms with Gasteiger partial charge in [-0.05, 0) is 30.3 Å². The van der Waals surface area contributed by atoms with Crippen molar-refractivity contribution in [2.24, 2.45) is 0 Å². The third-order valence-corrected chi connectivity index (χ3v) is 4.12. The Labute approximate surface area is 147 Å². The van der Waals surface area contributed by atoms with Gasteiger partial charge in [0.1, 0.15) is 11.9 Å². The first-order valence-corrected chi connectivity index (χ1v) is 8.01. The maximum absolute atomic E-state index is 12.6. The van der Waals surface area contributed by atoms with Crippen LogP contribution in [0, 0.1) is 0 Å². The predicted octanol–water partition coefficient (Wildman–Crippen LogP) is 4.48. The van der Waals surface area contributed by atoms with Crippen LogP contribution in [0.4, 0.5) is 24.5 Å². The Balaban J connectivity index is 1.71. The van der Waals surface area contributed by atoms with Gasteiger partial charge in [0, 0.05) is 18.7 Å². The molecule has 1 heterocycles. The molecule has 134 valence electrons. The molecule has 0 bridgehead atoms. The molecular weight excluding hydrogens is 357 g/mol. The zero-order chi connectivity index (χ0) is 18.0. The van der Waals surface area contributed by atoms with E-state index in [4.69, 9.17) is 22.1 Å². The number of nitrogen functional groups attached to an aromatic ring is 1. The zero-order valence-electron chi connectivity index (χ0n) is 13.1. The summed E-state index contributed by atoms with van der Waals surface area (Å²) < 4.78 is 47.7. The van der Waals surface area contributed by atoms with Crippen molar-refractivity contribution in [2.75, 3.05) is 23.7 Å². The number of nitrogens with two attached hydrogens (primary N) is 1. The number of hydrogen-bond donors (Lipinski definition) is 1. The van der Waals surface area contributed by atoms with E-state index in [1.54, 1.807) is 35.2 Å².